The molecular weight excluding hydrogens is 320 g/mol. The molecule has 4 rings (SSSR count). The molecule has 26 heavy (non-hydrogen) atoms. The number of nitrogens with zero attached hydrogens (tertiary/aromatic N) is 2. The van der Waals surface area contributed by atoms with Crippen LogP contribution in [0.15, 0.2) is 54.6 Å². The fourth-order valence-corrected chi connectivity index (χ4v) is 4.37. The summed E-state index contributed by atoms with van der Waals surface area (Å²) >= 11 is 0. The SMILES string of the molecule is O=C(CN1CCC(Cc2ccccc2)CC1)N1CCCc2ccccc21. The van der Waals surface area contributed by atoms with Gasteiger partial charge < -0.3 is 4.90 Å². The Labute approximate surface area is 156 Å². The maximum absolute atomic E-state index is 12.9. The minimum absolute atomic E-state index is 0.263. The van der Waals surface area contributed by atoms with Crippen LogP contribution in [0, 0.1) is 5.92 Å². The lowest BCUT2D eigenvalue weighted by atomic mass is 9.90. The van der Waals surface area contributed by atoms with Crippen molar-refractivity contribution >= 4 is 11.6 Å². The molecule has 2 aromatic rings. The Kier molecular flexibility index (Phi) is 5.35. The Morgan fingerprint density at radius 3 is 2.46 bits per heavy atom. The fraction of sp³-hybridized carbons (Fsp3) is 0.435. The van der Waals surface area contributed by atoms with E-state index in [1.165, 1.54) is 30.4 Å². The number of amides is 1. The van der Waals surface area contributed by atoms with Crippen LogP contribution in [0.4, 0.5) is 5.69 Å². The average molecular weight is 348 g/mol. The molecule has 0 saturated carbocycles. The Bertz CT molecular complexity index is 735. The molecule has 0 aromatic heterocycles. The first-order chi connectivity index (χ1) is 12.8. The summed E-state index contributed by atoms with van der Waals surface area (Å²) in [6, 6.07) is 19.1. The number of rotatable bonds is 4. The van der Waals surface area contributed by atoms with Gasteiger partial charge in [0.25, 0.3) is 0 Å². The number of carbonyl (C=O) groups is 1. The largest absolute Gasteiger partial charge is 0.311 e. The molecule has 0 unspecified atom stereocenters. The van der Waals surface area contributed by atoms with Crippen molar-refractivity contribution in [2.45, 2.75) is 32.1 Å². The van der Waals surface area contributed by atoms with Gasteiger partial charge in [-0.25, -0.2) is 0 Å². The molecule has 136 valence electrons. The van der Waals surface area contributed by atoms with Gasteiger partial charge in [0.2, 0.25) is 5.91 Å². The van der Waals surface area contributed by atoms with Crippen LogP contribution in [0.1, 0.15) is 30.4 Å². The number of aryl methyl sites for hydroxylation is 1. The van der Waals surface area contributed by atoms with E-state index in [9.17, 15) is 4.79 Å². The summed E-state index contributed by atoms with van der Waals surface area (Å²) in [5, 5.41) is 0. The zero-order valence-electron chi connectivity index (χ0n) is 15.4. The summed E-state index contributed by atoms with van der Waals surface area (Å²) in [7, 11) is 0. The Morgan fingerprint density at radius 1 is 0.923 bits per heavy atom. The number of likely N-dealkylation sites (tertiary alicyclic amines) is 1. The fourth-order valence-electron chi connectivity index (χ4n) is 4.37. The molecule has 0 spiro atoms. The van der Waals surface area contributed by atoms with Crippen LogP contribution in [0.25, 0.3) is 0 Å². The molecule has 0 bridgehead atoms. The maximum atomic E-state index is 12.9. The molecule has 1 amide bonds. The van der Waals surface area contributed by atoms with Crippen molar-refractivity contribution in [1.82, 2.24) is 4.90 Å². The van der Waals surface area contributed by atoms with Crippen molar-refractivity contribution in [2.75, 3.05) is 31.1 Å². The van der Waals surface area contributed by atoms with E-state index < -0.39 is 0 Å². The lowest BCUT2D eigenvalue weighted by molar-refractivity contribution is -0.120. The number of anilines is 1. The number of carbonyl (C=O) groups excluding carboxylic acids is 1. The van der Waals surface area contributed by atoms with Crippen LogP contribution in [-0.4, -0.2) is 37.0 Å². The smallest absolute Gasteiger partial charge is 0.241 e. The highest BCUT2D eigenvalue weighted by Crippen LogP contribution is 2.27. The highest BCUT2D eigenvalue weighted by Gasteiger charge is 2.26. The number of piperidine rings is 1. The first-order valence-electron chi connectivity index (χ1n) is 9.94. The van der Waals surface area contributed by atoms with E-state index >= 15 is 0 Å². The highest BCUT2D eigenvalue weighted by atomic mass is 16.2. The first-order valence-corrected chi connectivity index (χ1v) is 9.94. The molecule has 2 aromatic carbocycles. The minimum atomic E-state index is 0.263. The molecule has 1 saturated heterocycles. The molecule has 3 nitrogen and oxygen atoms in total. The standard InChI is InChI=1S/C23H28N2O/c26-23(25-14-6-10-21-9-4-5-11-22(21)25)18-24-15-12-20(13-16-24)17-19-7-2-1-3-8-19/h1-5,7-9,11,20H,6,10,12-18H2. The topological polar surface area (TPSA) is 23.6 Å². The van der Waals surface area contributed by atoms with Gasteiger partial charge in [-0.1, -0.05) is 48.5 Å². The van der Waals surface area contributed by atoms with Crippen molar-refractivity contribution in [2.24, 2.45) is 5.92 Å². The van der Waals surface area contributed by atoms with Gasteiger partial charge in [0.15, 0.2) is 0 Å². The monoisotopic (exact) mass is 348 g/mol. The summed E-state index contributed by atoms with van der Waals surface area (Å²) in [6.45, 7) is 3.50. The normalized spacial score (nSPS) is 18.5. The van der Waals surface area contributed by atoms with E-state index in [0.29, 0.717) is 6.54 Å². The third kappa shape index (κ3) is 3.99. The number of para-hydroxylation sites is 1. The summed E-state index contributed by atoms with van der Waals surface area (Å²) in [4.78, 5) is 17.2. The van der Waals surface area contributed by atoms with Gasteiger partial charge in [0.05, 0.1) is 6.54 Å². The van der Waals surface area contributed by atoms with Gasteiger partial charge in [-0.05, 0) is 68.3 Å². The summed E-state index contributed by atoms with van der Waals surface area (Å²) in [6.07, 6.45) is 5.71. The van der Waals surface area contributed by atoms with Gasteiger partial charge in [0, 0.05) is 12.2 Å². The number of benzene rings is 2. The summed E-state index contributed by atoms with van der Waals surface area (Å²) < 4.78 is 0. The quantitative estimate of drug-likeness (QED) is 0.836. The third-order valence-corrected chi connectivity index (χ3v) is 5.84. The predicted molar refractivity (Wildman–Crippen MR) is 106 cm³/mol. The molecular formula is C23H28N2O. The van der Waals surface area contributed by atoms with E-state index in [0.717, 1.165) is 44.1 Å². The molecule has 2 aliphatic rings. The average Bonchev–Trinajstić information content (AvgIpc) is 2.70. The molecule has 0 aliphatic carbocycles. The maximum Gasteiger partial charge on any atom is 0.241 e. The summed E-state index contributed by atoms with van der Waals surface area (Å²) in [5.74, 6) is 1.01. The van der Waals surface area contributed by atoms with Crippen molar-refractivity contribution in [1.29, 1.82) is 0 Å². The van der Waals surface area contributed by atoms with Crippen LogP contribution in [0.3, 0.4) is 0 Å². The van der Waals surface area contributed by atoms with Gasteiger partial charge >= 0.3 is 0 Å². The zero-order chi connectivity index (χ0) is 17.8. The van der Waals surface area contributed by atoms with Crippen LogP contribution in [-0.2, 0) is 17.6 Å². The number of fused-ring (bicyclic) bond motifs is 1. The second-order valence-corrected chi connectivity index (χ2v) is 7.69. The van der Waals surface area contributed by atoms with Crippen LogP contribution in [0.2, 0.25) is 0 Å². The molecule has 0 N–H and O–H groups in total. The van der Waals surface area contributed by atoms with Crippen LogP contribution < -0.4 is 4.90 Å². The van der Waals surface area contributed by atoms with E-state index in [2.05, 4.69) is 53.4 Å². The van der Waals surface area contributed by atoms with Gasteiger partial charge in [-0.2, -0.15) is 0 Å². The van der Waals surface area contributed by atoms with Crippen LogP contribution >= 0.6 is 0 Å². The van der Waals surface area contributed by atoms with Gasteiger partial charge in [-0.3, -0.25) is 9.69 Å². The number of hydrogen-bond donors (Lipinski definition) is 0. The first kappa shape index (κ1) is 17.3. The van der Waals surface area contributed by atoms with E-state index in [1.54, 1.807) is 0 Å². The lowest BCUT2D eigenvalue weighted by Crippen LogP contribution is -2.45. The molecule has 3 heteroatoms. The second-order valence-electron chi connectivity index (χ2n) is 7.69. The van der Waals surface area contributed by atoms with E-state index in [4.69, 9.17) is 0 Å². The summed E-state index contributed by atoms with van der Waals surface area (Å²) in [5.41, 5.74) is 3.88. The van der Waals surface area contributed by atoms with Gasteiger partial charge in [0.1, 0.15) is 0 Å². The zero-order valence-corrected chi connectivity index (χ0v) is 15.4. The Hall–Kier alpha value is -2.13. The lowest BCUT2D eigenvalue weighted by Gasteiger charge is -2.35. The minimum Gasteiger partial charge on any atom is -0.311 e. The molecule has 0 atom stereocenters. The van der Waals surface area contributed by atoms with E-state index in [1.807, 2.05) is 11.0 Å². The third-order valence-electron chi connectivity index (χ3n) is 5.84. The molecule has 1 fully saturated rings. The molecule has 0 radical (unpaired) electrons. The van der Waals surface area contributed by atoms with Crippen molar-refractivity contribution in [3.05, 3.63) is 65.7 Å². The van der Waals surface area contributed by atoms with E-state index in [-0.39, 0.29) is 5.91 Å². The highest BCUT2D eigenvalue weighted by molar-refractivity contribution is 5.95. The second kappa shape index (κ2) is 8.05. The Balaban J connectivity index is 1.30. The Morgan fingerprint density at radius 2 is 1.65 bits per heavy atom. The predicted octanol–water partition coefficient (Wildman–Crippen LogP) is 3.92. The molecule has 2 heterocycles. The van der Waals surface area contributed by atoms with Gasteiger partial charge in [-0.15, -0.1) is 0 Å². The number of hydrogen-bond acceptors (Lipinski definition) is 2. The molecule has 2 aliphatic heterocycles. The van der Waals surface area contributed by atoms with Crippen molar-refractivity contribution < 1.29 is 4.79 Å². The van der Waals surface area contributed by atoms with Crippen LogP contribution in [0.5, 0.6) is 0 Å². The van der Waals surface area contributed by atoms with Crippen molar-refractivity contribution in [3.63, 3.8) is 0 Å². The van der Waals surface area contributed by atoms with Crippen molar-refractivity contribution in [3.8, 4) is 0 Å².